The van der Waals surface area contributed by atoms with E-state index in [1.807, 2.05) is 11.4 Å². The second-order valence-corrected chi connectivity index (χ2v) is 2.83. The number of rotatable bonds is 2. The van der Waals surface area contributed by atoms with Crippen LogP contribution < -0.4 is 11.5 Å². The molecule has 0 spiro atoms. The largest absolute Gasteiger partial charge is 0.326 e. The minimum Gasteiger partial charge on any atom is -0.326 e. The van der Waals surface area contributed by atoms with Crippen molar-refractivity contribution in [3.63, 3.8) is 0 Å². The Morgan fingerprint density at radius 2 is 2.11 bits per heavy atom. The molecule has 4 N–H and O–H groups in total. The van der Waals surface area contributed by atoms with Crippen molar-refractivity contribution < 1.29 is 0 Å². The molecule has 1 aromatic rings. The molecular weight excluding hydrogens is 132 g/mol. The zero-order chi connectivity index (χ0) is 6.69. The first-order chi connectivity index (χ1) is 4.36. The first kappa shape index (κ1) is 6.74. The van der Waals surface area contributed by atoms with Crippen molar-refractivity contribution in [3.05, 3.63) is 21.9 Å². The van der Waals surface area contributed by atoms with Crippen LogP contribution in [0.4, 0.5) is 0 Å². The maximum atomic E-state index is 5.39. The summed E-state index contributed by atoms with van der Waals surface area (Å²) in [4.78, 5) is 1.20. The van der Waals surface area contributed by atoms with Gasteiger partial charge < -0.3 is 11.5 Å². The molecule has 1 aromatic heterocycles. The van der Waals surface area contributed by atoms with Gasteiger partial charge in [0.25, 0.3) is 0 Å². The van der Waals surface area contributed by atoms with E-state index in [4.69, 9.17) is 11.5 Å². The van der Waals surface area contributed by atoms with Gasteiger partial charge in [0.2, 0.25) is 0 Å². The second kappa shape index (κ2) is 2.96. The van der Waals surface area contributed by atoms with Gasteiger partial charge in [0.1, 0.15) is 0 Å². The summed E-state index contributed by atoms with van der Waals surface area (Å²) in [7, 11) is 0. The molecule has 0 aliphatic heterocycles. The lowest BCUT2D eigenvalue weighted by atomic mass is 10.3. The monoisotopic (exact) mass is 142 g/mol. The molecule has 0 unspecified atom stereocenters. The quantitative estimate of drug-likeness (QED) is 0.637. The molecule has 0 aromatic carbocycles. The van der Waals surface area contributed by atoms with Crippen molar-refractivity contribution in [2.45, 2.75) is 13.1 Å². The second-order valence-electron chi connectivity index (χ2n) is 1.83. The van der Waals surface area contributed by atoms with Gasteiger partial charge in [-0.25, -0.2) is 0 Å². The van der Waals surface area contributed by atoms with Crippen LogP contribution in [0.1, 0.15) is 10.4 Å². The van der Waals surface area contributed by atoms with Gasteiger partial charge in [-0.3, -0.25) is 0 Å². The van der Waals surface area contributed by atoms with Crippen LogP contribution in [-0.4, -0.2) is 0 Å². The van der Waals surface area contributed by atoms with E-state index in [0.29, 0.717) is 13.1 Å². The number of nitrogens with two attached hydrogens (primary N) is 2. The van der Waals surface area contributed by atoms with Crippen LogP contribution in [0.2, 0.25) is 0 Å². The molecule has 0 saturated carbocycles. The van der Waals surface area contributed by atoms with Crippen LogP contribution in [0, 0.1) is 0 Å². The zero-order valence-electron chi connectivity index (χ0n) is 5.13. The summed E-state index contributed by atoms with van der Waals surface area (Å²) in [5.74, 6) is 0. The predicted octanol–water partition coefficient (Wildman–Crippen LogP) is 0.666. The van der Waals surface area contributed by atoms with Crippen LogP contribution >= 0.6 is 11.3 Å². The summed E-state index contributed by atoms with van der Waals surface area (Å²) in [5.41, 5.74) is 12.0. The summed E-state index contributed by atoms with van der Waals surface area (Å²) in [5, 5.41) is 2.04. The van der Waals surface area contributed by atoms with Gasteiger partial charge in [0.05, 0.1) is 0 Å². The number of hydrogen-bond acceptors (Lipinski definition) is 3. The van der Waals surface area contributed by atoms with Crippen LogP contribution in [0.25, 0.3) is 0 Å². The molecule has 0 bridgehead atoms. The summed E-state index contributed by atoms with van der Waals surface area (Å²) in [6, 6.07) is 2.05. The standard InChI is InChI=1S/C6H10N2S/c7-2-5-1-6(3-8)9-4-5/h1,4H,2-3,7-8H2. The maximum Gasteiger partial charge on any atom is 0.0273 e. The Bertz CT molecular complexity index is 164. The SMILES string of the molecule is NCc1csc(CN)c1. The summed E-state index contributed by atoms with van der Waals surface area (Å²) in [6.07, 6.45) is 0. The van der Waals surface area contributed by atoms with Crippen molar-refractivity contribution in [2.24, 2.45) is 11.5 Å². The van der Waals surface area contributed by atoms with Gasteiger partial charge in [0, 0.05) is 18.0 Å². The topological polar surface area (TPSA) is 52.0 Å². The summed E-state index contributed by atoms with van der Waals surface area (Å²) >= 11 is 1.67. The molecule has 9 heavy (non-hydrogen) atoms. The van der Waals surface area contributed by atoms with Crippen LogP contribution in [0.3, 0.4) is 0 Å². The van der Waals surface area contributed by atoms with Crippen LogP contribution in [-0.2, 0) is 13.1 Å². The lowest BCUT2D eigenvalue weighted by molar-refractivity contribution is 1.06. The third-order valence-corrected chi connectivity index (χ3v) is 2.15. The fourth-order valence-corrected chi connectivity index (χ4v) is 1.42. The fourth-order valence-electron chi connectivity index (χ4n) is 0.640. The van der Waals surface area contributed by atoms with Gasteiger partial charge in [-0.2, -0.15) is 0 Å². The lowest BCUT2D eigenvalue weighted by Gasteiger charge is -1.84. The molecule has 1 rings (SSSR count). The molecule has 0 fully saturated rings. The highest BCUT2D eigenvalue weighted by molar-refractivity contribution is 7.10. The molecule has 1 heterocycles. The van der Waals surface area contributed by atoms with Crippen LogP contribution in [0.5, 0.6) is 0 Å². The molecule has 0 amide bonds. The Balaban J connectivity index is 2.74. The highest BCUT2D eigenvalue weighted by atomic mass is 32.1. The Morgan fingerprint density at radius 1 is 1.33 bits per heavy atom. The highest BCUT2D eigenvalue weighted by Gasteiger charge is 1.93. The smallest absolute Gasteiger partial charge is 0.0273 e. The molecular formula is C6H10N2S. The molecule has 0 aliphatic rings. The van der Waals surface area contributed by atoms with Crippen molar-refractivity contribution >= 4 is 11.3 Å². The molecule has 3 heteroatoms. The zero-order valence-corrected chi connectivity index (χ0v) is 5.95. The maximum absolute atomic E-state index is 5.39. The van der Waals surface area contributed by atoms with Crippen LogP contribution in [0.15, 0.2) is 11.4 Å². The van der Waals surface area contributed by atoms with Gasteiger partial charge >= 0.3 is 0 Å². The van der Waals surface area contributed by atoms with E-state index < -0.39 is 0 Å². The minimum atomic E-state index is 0.622. The highest BCUT2D eigenvalue weighted by Crippen LogP contribution is 2.12. The van der Waals surface area contributed by atoms with E-state index >= 15 is 0 Å². The van der Waals surface area contributed by atoms with Crippen molar-refractivity contribution in [1.82, 2.24) is 0 Å². The third kappa shape index (κ3) is 1.51. The Morgan fingerprint density at radius 3 is 2.44 bits per heavy atom. The first-order valence-corrected chi connectivity index (χ1v) is 3.71. The minimum absolute atomic E-state index is 0.622. The average molecular weight is 142 g/mol. The third-order valence-electron chi connectivity index (χ3n) is 1.14. The van der Waals surface area contributed by atoms with E-state index in [2.05, 4.69) is 0 Å². The normalized spacial score (nSPS) is 10.0. The van der Waals surface area contributed by atoms with Crippen molar-refractivity contribution in [2.75, 3.05) is 0 Å². The molecule has 0 radical (unpaired) electrons. The average Bonchev–Trinajstić information content (AvgIpc) is 2.34. The van der Waals surface area contributed by atoms with E-state index in [1.54, 1.807) is 11.3 Å². The number of hydrogen-bond donors (Lipinski definition) is 2. The Kier molecular flexibility index (Phi) is 2.22. The fraction of sp³-hybridized carbons (Fsp3) is 0.333. The first-order valence-electron chi connectivity index (χ1n) is 2.83. The Hall–Kier alpha value is -0.380. The van der Waals surface area contributed by atoms with Gasteiger partial charge in [-0.15, -0.1) is 11.3 Å². The molecule has 50 valence electrons. The van der Waals surface area contributed by atoms with Gasteiger partial charge in [0.15, 0.2) is 0 Å². The number of thiophene rings is 1. The van der Waals surface area contributed by atoms with E-state index in [0.717, 1.165) is 0 Å². The van der Waals surface area contributed by atoms with Gasteiger partial charge in [-0.1, -0.05) is 0 Å². The molecule has 0 atom stereocenters. The van der Waals surface area contributed by atoms with E-state index in [-0.39, 0.29) is 0 Å². The van der Waals surface area contributed by atoms with E-state index in [1.165, 1.54) is 10.4 Å². The van der Waals surface area contributed by atoms with Gasteiger partial charge in [-0.05, 0) is 17.0 Å². The summed E-state index contributed by atoms with van der Waals surface area (Å²) in [6.45, 7) is 1.25. The Labute approximate surface area is 58.5 Å². The molecule has 2 nitrogen and oxygen atoms in total. The van der Waals surface area contributed by atoms with E-state index in [9.17, 15) is 0 Å². The molecule has 0 saturated heterocycles. The molecule has 0 aliphatic carbocycles. The predicted molar refractivity (Wildman–Crippen MR) is 40.1 cm³/mol. The van der Waals surface area contributed by atoms with Crippen molar-refractivity contribution in [3.8, 4) is 0 Å². The summed E-state index contributed by atoms with van der Waals surface area (Å²) < 4.78 is 0. The lowest BCUT2D eigenvalue weighted by Crippen LogP contribution is -1.94. The van der Waals surface area contributed by atoms with Crippen molar-refractivity contribution in [1.29, 1.82) is 0 Å².